The van der Waals surface area contributed by atoms with Gasteiger partial charge in [-0.05, 0) is 13.0 Å². The first-order valence-electron chi connectivity index (χ1n) is 4.43. The van der Waals surface area contributed by atoms with Gasteiger partial charge in [-0.15, -0.1) is 5.10 Å². The second kappa shape index (κ2) is 3.61. The van der Waals surface area contributed by atoms with Crippen molar-refractivity contribution in [3.05, 3.63) is 33.9 Å². The maximum atomic E-state index is 10.9. The predicted molar refractivity (Wildman–Crippen MR) is 55.5 cm³/mol. The highest BCUT2D eigenvalue weighted by molar-refractivity contribution is 5.69. The number of rotatable bonds is 2. The van der Waals surface area contributed by atoms with Crippen molar-refractivity contribution < 1.29 is 9.34 Å². The quantitative estimate of drug-likeness (QED) is 0.607. The van der Waals surface area contributed by atoms with Crippen molar-refractivity contribution in [1.82, 2.24) is 10.2 Å². The summed E-state index contributed by atoms with van der Waals surface area (Å²) in [6.07, 6.45) is 0. The van der Waals surface area contributed by atoms with E-state index in [1.165, 1.54) is 6.07 Å². The van der Waals surface area contributed by atoms with Gasteiger partial charge in [0.2, 0.25) is 0 Å². The number of aryl methyl sites for hydroxylation is 1. The van der Waals surface area contributed by atoms with E-state index in [1.807, 2.05) is 0 Å². The lowest BCUT2D eigenvalue weighted by Gasteiger charge is -2.00. The number of nitrogens with two attached hydrogens (primary N) is 1. The van der Waals surface area contributed by atoms with Gasteiger partial charge in [-0.25, -0.2) is 0 Å². The molecule has 1 aromatic heterocycles. The average Bonchev–Trinajstić information content (AvgIpc) is 2.63. The van der Waals surface area contributed by atoms with Gasteiger partial charge >= 0.3 is 6.01 Å². The first-order valence-corrected chi connectivity index (χ1v) is 4.43. The molecular formula is C9H8N4O3. The highest BCUT2D eigenvalue weighted by Crippen LogP contribution is 2.31. The summed E-state index contributed by atoms with van der Waals surface area (Å²) in [4.78, 5) is 10.4. The van der Waals surface area contributed by atoms with E-state index in [9.17, 15) is 10.1 Å². The van der Waals surface area contributed by atoms with Crippen LogP contribution in [0.25, 0.3) is 11.5 Å². The van der Waals surface area contributed by atoms with E-state index in [2.05, 4.69) is 10.2 Å². The van der Waals surface area contributed by atoms with Crippen LogP contribution in [0.15, 0.2) is 22.6 Å². The summed E-state index contributed by atoms with van der Waals surface area (Å²) in [5.41, 5.74) is 6.02. The molecule has 0 bridgehead atoms. The Bertz CT molecular complexity index is 549. The van der Waals surface area contributed by atoms with Crippen LogP contribution < -0.4 is 5.73 Å². The topological polar surface area (TPSA) is 108 Å². The van der Waals surface area contributed by atoms with Gasteiger partial charge in [-0.1, -0.05) is 17.2 Å². The molecule has 7 nitrogen and oxygen atoms in total. The van der Waals surface area contributed by atoms with Crippen LogP contribution in [0.1, 0.15) is 5.56 Å². The molecule has 2 aromatic rings. The third-order valence-electron chi connectivity index (χ3n) is 2.09. The third-order valence-corrected chi connectivity index (χ3v) is 2.09. The van der Waals surface area contributed by atoms with Crippen molar-refractivity contribution in [2.24, 2.45) is 0 Å². The average molecular weight is 220 g/mol. The fourth-order valence-electron chi connectivity index (χ4n) is 1.42. The van der Waals surface area contributed by atoms with E-state index < -0.39 is 4.92 Å². The molecule has 0 atom stereocenters. The van der Waals surface area contributed by atoms with Gasteiger partial charge in [0.1, 0.15) is 5.56 Å². The molecule has 0 spiro atoms. The number of nitrogen functional groups attached to an aromatic ring is 1. The molecule has 2 rings (SSSR count). The summed E-state index contributed by atoms with van der Waals surface area (Å²) in [6, 6.07) is 4.74. The second-order valence-electron chi connectivity index (χ2n) is 3.17. The Balaban J connectivity index is 2.65. The predicted octanol–water partition coefficient (Wildman–Crippen LogP) is 1.54. The van der Waals surface area contributed by atoms with Crippen molar-refractivity contribution in [3.8, 4) is 11.5 Å². The number of nitro groups is 1. The summed E-state index contributed by atoms with van der Waals surface area (Å²) in [7, 11) is 0. The molecule has 1 heterocycles. The first-order chi connectivity index (χ1) is 7.59. The maximum absolute atomic E-state index is 10.9. The SMILES string of the molecule is Cc1cccc(-c2nnc(N)o2)c1[N+](=O)[O-]. The lowest BCUT2D eigenvalue weighted by atomic mass is 10.1. The van der Waals surface area contributed by atoms with E-state index in [-0.39, 0.29) is 23.2 Å². The molecule has 1 aromatic carbocycles. The molecular weight excluding hydrogens is 212 g/mol. The van der Waals surface area contributed by atoms with E-state index in [0.717, 1.165) is 0 Å². The number of nitrogens with zero attached hydrogens (tertiary/aromatic N) is 3. The zero-order chi connectivity index (χ0) is 11.7. The Morgan fingerprint density at radius 2 is 2.19 bits per heavy atom. The maximum Gasteiger partial charge on any atom is 0.313 e. The van der Waals surface area contributed by atoms with Gasteiger partial charge < -0.3 is 10.2 Å². The number of anilines is 1. The van der Waals surface area contributed by atoms with Gasteiger partial charge in [-0.3, -0.25) is 10.1 Å². The number of hydrogen-bond acceptors (Lipinski definition) is 6. The number of nitro benzene ring substituents is 1. The lowest BCUT2D eigenvalue weighted by molar-refractivity contribution is -0.384. The molecule has 0 unspecified atom stereocenters. The van der Waals surface area contributed by atoms with Crippen LogP contribution in [-0.2, 0) is 0 Å². The summed E-state index contributed by atoms with van der Waals surface area (Å²) < 4.78 is 4.97. The van der Waals surface area contributed by atoms with Crippen molar-refractivity contribution in [3.63, 3.8) is 0 Å². The van der Waals surface area contributed by atoms with Crippen LogP contribution in [0.3, 0.4) is 0 Å². The number of aromatic nitrogens is 2. The molecule has 0 saturated carbocycles. The van der Waals surface area contributed by atoms with Crippen molar-refractivity contribution >= 4 is 11.7 Å². The van der Waals surface area contributed by atoms with Gasteiger partial charge in [0.25, 0.3) is 11.6 Å². The molecule has 0 saturated heterocycles. The van der Waals surface area contributed by atoms with Gasteiger partial charge in [0.15, 0.2) is 0 Å². The fraction of sp³-hybridized carbons (Fsp3) is 0.111. The standard InChI is InChI=1S/C9H8N4O3/c1-5-3-2-4-6(7(5)13(14)15)8-11-12-9(10)16-8/h2-4H,1H3,(H2,10,12). The van der Waals surface area contributed by atoms with E-state index >= 15 is 0 Å². The summed E-state index contributed by atoms with van der Waals surface area (Å²) in [6.45, 7) is 1.64. The van der Waals surface area contributed by atoms with Crippen molar-refractivity contribution in [2.75, 3.05) is 5.73 Å². The second-order valence-corrected chi connectivity index (χ2v) is 3.17. The molecule has 82 valence electrons. The lowest BCUT2D eigenvalue weighted by Crippen LogP contribution is -1.95. The first kappa shape index (κ1) is 10.1. The van der Waals surface area contributed by atoms with Crippen molar-refractivity contribution in [1.29, 1.82) is 0 Å². The largest absolute Gasteiger partial charge is 0.403 e. The van der Waals surface area contributed by atoms with Crippen LogP contribution in [-0.4, -0.2) is 15.1 Å². The van der Waals surface area contributed by atoms with Gasteiger partial charge in [0, 0.05) is 5.56 Å². The fourth-order valence-corrected chi connectivity index (χ4v) is 1.42. The zero-order valence-electron chi connectivity index (χ0n) is 8.38. The van der Waals surface area contributed by atoms with Crippen LogP contribution in [0.2, 0.25) is 0 Å². The highest BCUT2D eigenvalue weighted by Gasteiger charge is 2.21. The number of benzene rings is 1. The van der Waals surface area contributed by atoms with Crippen LogP contribution in [0, 0.1) is 17.0 Å². The van der Waals surface area contributed by atoms with Crippen LogP contribution >= 0.6 is 0 Å². The number of hydrogen-bond donors (Lipinski definition) is 1. The summed E-state index contributed by atoms with van der Waals surface area (Å²) in [5, 5.41) is 18.0. The molecule has 0 aliphatic heterocycles. The van der Waals surface area contributed by atoms with Crippen LogP contribution in [0.5, 0.6) is 0 Å². The molecule has 2 N–H and O–H groups in total. The normalized spacial score (nSPS) is 10.3. The van der Waals surface area contributed by atoms with Crippen molar-refractivity contribution in [2.45, 2.75) is 6.92 Å². The molecule has 7 heteroatoms. The van der Waals surface area contributed by atoms with E-state index in [1.54, 1.807) is 19.1 Å². The molecule has 0 aliphatic carbocycles. The monoisotopic (exact) mass is 220 g/mol. The highest BCUT2D eigenvalue weighted by atomic mass is 16.6. The Hall–Kier alpha value is -2.44. The van der Waals surface area contributed by atoms with Gasteiger partial charge in [-0.2, -0.15) is 0 Å². The summed E-state index contributed by atoms with van der Waals surface area (Å²) in [5.74, 6) is 0.0490. The molecule has 0 aliphatic rings. The molecule has 0 amide bonds. The Morgan fingerprint density at radius 1 is 1.44 bits per heavy atom. The minimum Gasteiger partial charge on any atom is -0.403 e. The molecule has 16 heavy (non-hydrogen) atoms. The van der Waals surface area contributed by atoms with E-state index in [4.69, 9.17) is 10.2 Å². The Labute approximate surface area is 90.0 Å². The minimum atomic E-state index is -0.481. The smallest absolute Gasteiger partial charge is 0.313 e. The molecule has 0 radical (unpaired) electrons. The zero-order valence-corrected chi connectivity index (χ0v) is 8.38. The third kappa shape index (κ3) is 1.58. The van der Waals surface area contributed by atoms with Gasteiger partial charge in [0.05, 0.1) is 4.92 Å². The molecule has 0 fully saturated rings. The summed E-state index contributed by atoms with van der Waals surface area (Å²) >= 11 is 0. The minimum absolute atomic E-state index is 0.0490. The van der Waals surface area contributed by atoms with Crippen LogP contribution in [0.4, 0.5) is 11.7 Å². The number of para-hydroxylation sites is 1. The Morgan fingerprint density at radius 3 is 2.75 bits per heavy atom. The van der Waals surface area contributed by atoms with E-state index in [0.29, 0.717) is 5.56 Å². The Kier molecular flexibility index (Phi) is 2.28.